The van der Waals surface area contributed by atoms with E-state index in [0.29, 0.717) is 19.5 Å². The Morgan fingerprint density at radius 1 is 1.42 bits per heavy atom. The predicted molar refractivity (Wildman–Crippen MR) is 74.3 cm³/mol. The van der Waals surface area contributed by atoms with Crippen LogP contribution in [0.2, 0.25) is 0 Å². The Bertz CT molecular complexity index is 419. The summed E-state index contributed by atoms with van der Waals surface area (Å²) in [5, 5.41) is 14.5. The summed E-state index contributed by atoms with van der Waals surface area (Å²) >= 11 is 0. The van der Waals surface area contributed by atoms with E-state index in [0.717, 1.165) is 16.9 Å². The van der Waals surface area contributed by atoms with E-state index in [-0.39, 0.29) is 6.03 Å². The summed E-state index contributed by atoms with van der Waals surface area (Å²) < 4.78 is 5.27. The van der Waals surface area contributed by atoms with Crippen molar-refractivity contribution in [1.82, 2.24) is 10.6 Å². The molecule has 1 aromatic rings. The molecular weight excluding hydrogens is 244 g/mol. The molecule has 5 heteroatoms. The third kappa shape index (κ3) is 5.61. The first-order chi connectivity index (χ1) is 9.02. The van der Waals surface area contributed by atoms with Gasteiger partial charge < -0.3 is 20.5 Å². The lowest BCUT2D eigenvalue weighted by molar-refractivity contribution is 0.183. The fourth-order valence-corrected chi connectivity index (χ4v) is 1.63. The maximum absolute atomic E-state index is 11.5. The number of nitrogens with one attached hydrogen (secondary N) is 2. The molecular formula is C14H22N2O3. The molecule has 0 radical (unpaired) electrons. The predicted octanol–water partition coefficient (Wildman–Crippen LogP) is 1.57. The summed E-state index contributed by atoms with van der Waals surface area (Å²) in [7, 11) is 1.61. The van der Waals surface area contributed by atoms with Gasteiger partial charge in [-0.3, -0.25) is 0 Å². The lowest BCUT2D eigenvalue weighted by Gasteiger charge is -2.11. The maximum Gasteiger partial charge on any atom is 0.315 e. The Labute approximate surface area is 114 Å². The van der Waals surface area contributed by atoms with Gasteiger partial charge >= 0.3 is 6.03 Å². The molecule has 0 aromatic heterocycles. The number of carbonyl (C=O) groups excluding carboxylic acids is 1. The largest absolute Gasteiger partial charge is 0.496 e. The van der Waals surface area contributed by atoms with Gasteiger partial charge in [0.15, 0.2) is 0 Å². The molecule has 0 spiro atoms. The number of benzene rings is 1. The molecule has 0 saturated carbocycles. The highest BCUT2D eigenvalue weighted by molar-refractivity contribution is 5.73. The summed E-state index contributed by atoms with van der Waals surface area (Å²) in [6, 6.07) is 5.60. The van der Waals surface area contributed by atoms with Gasteiger partial charge in [0, 0.05) is 18.7 Å². The maximum atomic E-state index is 11.5. The van der Waals surface area contributed by atoms with Crippen molar-refractivity contribution in [3.63, 3.8) is 0 Å². The van der Waals surface area contributed by atoms with Crippen LogP contribution in [0, 0.1) is 6.92 Å². The summed E-state index contributed by atoms with van der Waals surface area (Å²) in [4.78, 5) is 11.5. The molecule has 1 unspecified atom stereocenters. The zero-order chi connectivity index (χ0) is 14.3. The molecule has 0 bridgehead atoms. The molecule has 106 valence electrons. The van der Waals surface area contributed by atoms with Crippen LogP contribution in [0.4, 0.5) is 4.79 Å². The summed E-state index contributed by atoms with van der Waals surface area (Å²) in [5.41, 5.74) is 2.04. The van der Waals surface area contributed by atoms with Gasteiger partial charge in [-0.2, -0.15) is 0 Å². The number of hydrogen-bond donors (Lipinski definition) is 3. The Balaban J connectivity index is 2.41. The van der Waals surface area contributed by atoms with Crippen molar-refractivity contribution in [3.8, 4) is 5.75 Å². The minimum absolute atomic E-state index is 0.247. The molecule has 0 aliphatic carbocycles. The third-order valence-corrected chi connectivity index (χ3v) is 2.73. The van der Waals surface area contributed by atoms with Gasteiger partial charge in [0.1, 0.15) is 5.75 Å². The molecule has 3 N–H and O–H groups in total. The van der Waals surface area contributed by atoms with Gasteiger partial charge in [-0.05, 0) is 31.9 Å². The highest BCUT2D eigenvalue weighted by atomic mass is 16.5. The zero-order valence-electron chi connectivity index (χ0n) is 11.7. The molecule has 19 heavy (non-hydrogen) atoms. The van der Waals surface area contributed by atoms with Gasteiger partial charge in [0.05, 0.1) is 13.2 Å². The van der Waals surface area contributed by atoms with Crippen LogP contribution in [0.1, 0.15) is 24.5 Å². The average Bonchev–Trinajstić information content (AvgIpc) is 2.36. The quantitative estimate of drug-likeness (QED) is 0.732. The molecule has 0 fully saturated rings. The Morgan fingerprint density at radius 2 is 2.16 bits per heavy atom. The molecule has 0 aliphatic rings. The van der Waals surface area contributed by atoms with Crippen molar-refractivity contribution in [2.45, 2.75) is 32.9 Å². The topological polar surface area (TPSA) is 70.6 Å². The summed E-state index contributed by atoms with van der Waals surface area (Å²) in [5.74, 6) is 0.768. The Kier molecular flexibility index (Phi) is 6.15. The molecule has 1 atom stereocenters. The number of aliphatic hydroxyl groups is 1. The number of ether oxygens (including phenoxy) is 1. The number of urea groups is 1. The van der Waals surface area contributed by atoms with Crippen LogP contribution in [-0.2, 0) is 6.54 Å². The van der Waals surface area contributed by atoms with Crippen molar-refractivity contribution in [2.24, 2.45) is 0 Å². The molecule has 1 rings (SSSR count). The van der Waals surface area contributed by atoms with Crippen LogP contribution in [0.25, 0.3) is 0 Å². The van der Waals surface area contributed by atoms with Gasteiger partial charge in [-0.15, -0.1) is 0 Å². The van der Waals surface area contributed by atoms with Gasteiger partial charge in [-0.1, -0.05) is 12.1 Å². The summed E-state index contributed by atoms with van der Waals surface area (Å²) in [6.07, 6.45) is 0.138. The molecule has 5 nitrogen and oxygen atoms in total. The SMILES string of the molecule is COc1cc(C)ccc1CNC(=O)NCCC(C)O. The van der Waals surface area contributed by atoms with Gasteiger partial charge in [-0.25, -0.2) is 4.79 Å². The van der Waals surface area contributed by atoms with E-state index in [1.165, 1.54) is 0 Å². The number of carbonyl (C=O) groups is 1. The molecule has 1 aromatic carbocycles. The van der Waals surface area contributed by atoms with E-state index >= 15 is 0 Å². The highest BCUT2D eigenvalue weighted by Crippen LogP contribution is 2.19. The van der Waals surface area contributed by atoms with Crippen LogP contribution in [0.5, 0.6) is 5.75 Å². The minimum atomic E-state index is -0.405. The van der Waals surface area contributed by atoms with Crippen LogP contribution in [0.3, 0.4) is 0 Å². The van der Waals surface area contributed by atoms with Crippen LogP contribution < -0.4 is 15.4 Å². The van der Waals surface area contributed by atoms with Gasteiger partial charge in [0.25, 0.3) is 0 Å². The summed E-state index contributed by atoms with van der Waals surface area (Å²) in [6.45, 7) is 4.54. The number of aliphatic hydroxyl groups excluding tert-OH is 1. The van der Waals surface area contributed by atoms with E-state index in [1.54, 1.807) is 14.0 Å². The lowest BCUT2D eigenvalue weighted by Crippen LogP contribution is -2.36. The monoisotopic (exact) mass is 266 g/mol. The number of rotatable bonds is 6. The van der Waals surface area contributed by atoms with Crippen LogP contribution >= 0.6 is 0 Å². The molecule has 0 saturated heterocycles. The van der Waals surface area contributed by atoms with Crippen molar-refractivity contribution in [2.75, 3.05) is 13.7 Å². The second kappa shape index (κ2) is 7.63. The second-order valence-electron chi connectivity index (χ2n) is 4.56. The van der Waals surface area contributed by atoms with E-state index in [1.807, 2.05) is 25.1 Å². The van der Waals surface area contributed by atoms with E-state index in [9.17, 15) is 4.79 Å². The molecule has 0 heterocycles. The van der Waals surface area contributed by atoms with E-state index in [4.69, 9.17) is 9.84 Å². The molecule has 0 aliphatic heterocycles. The van der Waals surface area contributed by atoms with Crippen molar-refractivity contribution >= 4 is 6.03 Å². The second-order valence-corrected chi connectivity index (χ2v) is 4.56. The van der Waals surface area contributed by atoms with E-state index < -0.39 is 6.10 Å². The van der Waals surface area contributed by atoms with Crippen LogP contribution in [0.15, 0.2) is 18.2 Å². The molecule has 2 amide bonds. The Hall–Kier alpha value is -1.75. The normalized spacial score (nSPS) is 11.8. The van der Waals surface area contributed by atoms with Crippen molar-refractivity contribution in [1.29, 1.82) is 0 Å². The Morgan fingerprint density at radius 3 is 2.79 bits per heavy atom. The number of amides is 2. The van der Waals surface area contributed by atoms with Crippen molar-refractivity contribution < 1.29 is 14.6 Å². The fraction of sp³-hybridized carbons (Fsp3) is 0.500. The third-order valence-electron chi connectivity index (χ3n) is 2.73. The first kappa shape index (κ1) is 15.3. The smallest absolute Gasteiger partial charge is 0.315 e. The number of aryl methyl sites for hydroxylation is 1. The zero-order valence-corrected chi connectivity index (χ0v) is 11.7. The standard InChI is InChI=1S/C14H22N2O3/c1-10-4-5-12(13(8-10)19-3)9-16-14(18)15-7-6-11(2)17/h4-5,8,11,17H,6-7,9H2,1-3H3,(H2,15,16,18). The fourth-order valence-electron chi connectivity index (χ4n) is 1.63. The first-order valence-electron chi connectivity index (χ1n) is 6.36. The van der Waals surface area contributed by atoms with Crippen LogP contribution in [-0.4, -0.2) is 30.9 Å². The number of hydrogen-bond acceptors (Lipinski definition) is 3. The minimum Gasteiger partial charge on any atom is -0.496 e. The first-order valence-corrected chi connectivity index (χ1v) is 6.36. The van der Waals surface area contributed by atoms with Crippen molar-refractivity contribution in [3.05, 3.63) is 29.3 Å². The average molecular weight is 266 g/mol. The lowest BCUT2D eigenvalue weighted by atomic mass is 10.1. The highest BCUT2D eigenvalue weighted by Gasteiger charge is 2.05. The number of methoxy groups -OCH3 is 1. The van der Waals surface area contributed by atoms with E-state index in [2.05, 4.69) is 10.6 Å². The van der Waals surface area contributed by atoms with Gasteiger partial charge in [0.2, 0.25) is 0 Å².